The van der Waals surface area contributed by atoms with Crippen LogP contribution in [-0.2, 0) is 6.42 Å². The second kappa shape index (κ2) is 13.2. The number of rotatable bonds is 8. The molecule has 0 aromatic heterocycles. The third-order valence-corrected chi connectivity index (χ3v) is 4.32. The number of aliphatic imine (C=N–C) groups is 1. The molecule has 0 aliphatic rings. The van der Waals surface area contributed by atoms with Crippen LogP contribution in [0.25, 0.3) is 0 Å². The molecule has 2 aromatic carbocycles. The summed E-state index contributed by atoms with van der Waals surface area (Å²) in [5, 5.41) is 16.5. The first-order valence-electron chi connectivity index (χ1n) is 9.67. The van der Waals surface area contributed by atoms with Crippen LogP contribution >= 0.6 is 24.0 Å². The molecular weight excluding hydrogens is 498 g/mol. The van der Waals surface area contributed by atoms with Gasteiger partial charge in [-0.25, -0.2) is 4.39 Å². The van der Waals surface area contributed by atoms with Gasteiger partial charge in [0.1, 0.15) is 11.9 Å². The summed E-state index contributed by atoms with van der Waals surface area (Å²) in [6.45, 7) is 3.25. The molecule has 1 amide bonds. The Labute approximate surface area is 194 Å². The Bertz CT molecular complexity index is 845. The van der Waals surface area contributed by atoms with Gasteiger partial charge in [-0.2, -0.15) is 0 Å². The average molecular weight is 528 g/mol. The van der Waals surface area contributed by atoms with E-state index in [-0.39, 0.29) is 42.0 Å². The number of nitrogens with zero attached hydrogens (tertiary/aromatic N) is 2. The molecule has 1 atom stereocenters. The lowest BCUT2D eigenvalue weighted by Gasteiger charge is -2.14. The number of aliphatic hydroxyl groups is 1. The molecule has 0 spiro atoms. The number of amides is 1. The van der Waals surface area contributed by atoms with Gasteiger partial charge >= 0.3 is 0 Å². The van der Waals surface area contributed by atoms with Gasteiger partial charge in [-0.1, -0.05) is 30.3 Å². The predicted octanol–water partition coefficient (Wildman–Crippen LogP) is 2.98. The molecule has 164 valence electrons. The zero-order chi connectivity index (χ0) is 21.2. The van der Waals surface area contributed by atoms with Gasteiger partial charge in [0.25, 0.3) is 5.91 Å². The summed E-state index contributed by atoms with van der Waals surface area (Å²) >= 11 is 0. The molecule has 8 heteroatoms. The molecule has 0 aliphatic carbocycles. The number of carbonyl (C=O) groups excluding carboxylic acids is 1. The fraction of sp³-hybridized carbons (Fsp3) is 0.364. The SMILES string of the molecule is CCNC(=NCC(O)c1ccccc1F)NCCc1cccc(C(=O)N(C)C)c1.I. The van der Waals surface area contributed by atoms with Gasteiger partial charge in [0, 0.05) is 38.3 Å². The highest BCUT2D eigenvalue weighted by Gasteiger charge is 2.12. The first-order chi connectivity index (χ1) is 13.9. The largest absolute Gasteiger partial charge is 0.386 e. The zero-order valence-electron chi connectivity index (χ0n) is 17.6. The Kier molecular flexibility index (Phi) is 11.3. The smallest absolute Gasteiger partial charge is 0.253 e. The number of carbonyl (C=O) groups is 1. The maximum Gasteiger partial charge on any atom is 0.253 e. The maximum atomic E-state index is 13.8. The van der Waals surface area contributed by atoms with E-state index in [1.54, 1.807) is 43.3 Å². The summed E-state index contributed by atoms with van der Waals surface area (Å²) in [5.74, 6) is 0.0700. The van der Waals surface area contributed by atoms with Gasteiger partial charge in [-0.3, -0.25) is 9.79 Å². The minimum absolute atomic E-state index is 0. The molecule has 0 saturated carbocycles. The van der Waals surface area contributed by atoms with E-state index in [9.17, 15) is 14.3 Å². The molecule has 0 bridgehead atoms. The fourth-order valence-electron chi connectivity index (χ4n) is 2.81. The summed E-state index contributed by atoms with van der Waals surface area (Å²) < 4.78 is 13.8. The van der Waals surface area contributed by atoms with Crippen molar-refractivity contribution in [2.24, 2.45) is 4.99 Å². The lowest BCUT2D eigenvalue weighted by atomic mass is 10.1. The lowest BCUT2D eigenvalue weighted by Crippen LogP contribution is -2.38. The van der Waals surface area contributed by atoms with Crippen LogP contribution < -0.4 is 10.6 Å². The highest BCUT2D eigenvalue weighted by atomic mass is 127. The first kappa shape index (κ1) is 25.8. The van der Waals surface area contributed by atoms with Crippen molar-refractivity contribution in [3.8, 4) is 0 Å². The van der Waals surface area contributed by atoms with Crippen LogP contribution in [0.1, 0.15) is 34.5 Å². The highest BCUT2D eigenvalue weighted by Crippen LogP contribution is 2.16. The Morgan fingerprint density at radius 1 is 1.17 bits per heavy atom. The monoisotopic (exact) mass is 528 g/mol. The summed E-state index contributed by atoms with van der Waals surface area (Å²) in [5.41, 5.74) is 1.92. The van der Waals surface area contributed by atoms with Crippen molar-refractivity contribution in [1.29, 1.82) is 0 Å². The van der Waals surface area contributed by atoms with E-state index >= 15 is 0 Å². The minimum atomic E-state index is -1.01. The van der Waals surface area contributed by atoms with Crippen molar-refractivity contribution in [3.63, 3.8) is 0 Å². The van der Waals surface area contributed by atoms with Crippen molar-refractivity contribution in [2.45, 2.75) is 19.4 Å². The van der Waals surface area contributed by atoms with E-state index in [4.69, 9.17) is 0 Å². The second-order valence-electron chi connectivity index (χ2n) is 6.83. The Morgan fingerprint density at radius 3 is 2.57 bits per heavy atom. The third kappa shape index (κ3) is 7.91. The van der Waals surface area contributed by atoms with Crippen LogP contribution in [0.5, 0.6) is 0 Å². The van der Waals surface area contributed by atoms with Gasteiger partial charge in [0.05, 0.1) is 6.54 Å². The molecule has 2 rings (SSSR count). The molecule has 1 unspecified atom stereocenters. The standard InChI is InChI=1S/C22H29FN4O2.HI/c1-4-24-22(26-15-20(28)18-10-5-6-11-19(18)23)25-13-12-16-8-7-9-17(14-16)21(29)27(2)3;/h5-11,14,20,28H,4,12-13,15H2,1-3H3,(H2,24,25,26);1H. The number of aliphatic hydroxyl groups excluding tert-OH is 1. The third-order valence-electron chi connectivity index (χ3n) is 4.32. The van der Waals surface area contributed by atoms with E-state index < -0.39 is 11.9 Å². The molecule has 6 nitrogen and oxygen atoms in total. The van der Waals surface area contributed by atoms with E-state index in [0.717, 1.165) is 5.56 Å². The van der Waals surface area contributed by atoms with Crippen molar-refractivity contribution < 1.29 is 14.3 Å². The van der Waals surface area contributed by atoms with Gasteiger partial charge in [-0.15, -0.1) is 24.0 Å². The lowest BCUT2D eigenvalue weighted by molar-refractivity contribution is 0.0827. The number of hydrogen-bond donors (Lipinski definition) is 3. The summed E-state index contributed by atoms with van der Waals surface area (Å²) in [6.07, 6.45) is -0.310. The topological polar surface area (TPSA) is 77.0 Å². The fourth-order valence-corrected chi connectivity index (χ4v) is 2.81. The number of guanidine groups is 1. The van der Waals surface area contributed by atoms with E-state index in [0.29, 0.717) is 31.0 Å². The number of nitrogens with one attached hydrogen (secondary N) is 2. The van der Waals surface area contributed by atoms with Crippen molar-refractivity contribution in [1.82, 2.24) is 15.5 Å². The van der Waals surface area contributed by atoms with Gasteiger partial charge in [-0.05, 0) is 37.1 Å². The van der Waals surface area contributed by atoms with Gasteiger partial charge in [0.15, 0.2) is 5.96 Å². The van der Waals surface area contributed by atoms with Crippen LogP contribution in [-0.4, -0.2) is 55.6 Å². The van der Waals surface area contributed by atoms with Crippen LogP contribution in [0.15, 0.2) is 53.5 Å². The highest BCUT2D eigenvalue weighted by molar-refractivity contribution is 14.0. The van der Waals surface area contributed by atoms with Crippen molar-refractivity contribution in [2.75, 3.05) is 33.7 Å². The van der Waals surface area contributed by atoms with Crippen molar-refractivity contribution >= 4 is 35.8 Å². The summed E-state index contributed by atoms with van der Waals surface area (Å²) in [6, 6.07) is 13.7. The van der Waals surface area contributed by atoms with Gasteiger partial charge in [0.2, 0.25) is 0 Å². The Balaban J connectivity index is 0.00000450. The predicted molar refractivity (Wildman–Crippen MR) is 129 cm³/mol. The molecule has 0 saturated heterocycles. The molecule has 30 heavy (non-hydrogen) atoms. The summed E-state index contributed by atoms with van der Waals surface area (Å²) in [4.78, 5) is 18.0. The second-order valence-corrected chi connectivity index (χ2v) is 6.83. The van der Waals surface area contributed by atoms with Gasteiger partial charge < -0.3 is 20.6 Å². The molecular formula is C22H30FIN4O2. The van der Waals surface area contributed by atoms with Crippen LogP contribution in [0.4, 0.5) is 4.39 Å². The molecule has 2 aromatic rings. The molecule has 0 aliphatic heterocycles. The Hall–Kier alpha value is -2.20. The first-order valence-corrected chi connectivity index (χ1v) is 9.67. The van der Waals surface area contributed by atoms with Crippen LogP contribution in [0, 0.1) is 5.82 Å². The molecule has 3 N–H and O–H groups in total. The number of hydrogen-bond acceptors (Lipinski definition) is 3. The quantitative estimate of drug-likeness (QED) is 0.280. The molecule has 0 fully saturated rings. The van der Waals surface area contributed by atoms with E-state index in [2.05, 4.69) is 15.6 Å². The minimum Gasteiger partial charge on any atom is -0.386 e. The van der Waals surface area contributed by atoms with E-state index in [1.807, 2.05) is 25.1 Å². The molecule has 0 radical (unpaired) electrons. The molecule has 0 heterocycles. The zero-order valence-corrected chi connectivity index (χ0v) is 19.9. The number of benzene rings is 2. The number of halogens is 2. The van der Waals surface area contributed by atoms with Crippen LogP contribution in [0.2, 0.25) is 0 Å². The van der Waals surface area contributed by atoms with Crippen molar-refractivity contribution in [3.05, 3.63) is 71.0 Å². The van der Waals surface area contributed by atoms with Crippen LogP contribution in [0.3, 0.4) is 0 Å². The average Bonchev–Trinajstić information content (AvgIpc) is 2.71. The summed E-state index contributed by atoms with van der Waals surface area (Å²) in [7, 11) is 3.46. The maximum absolute atomic E-state index is 13.8. The Morgan fingerprint density at radius 2 is 1.90 bits per heavy atom. The normalized spacial score (nSPS) is 12.0. The van der Waals surface area contributed by atoms with E-state index in [1.165, 1.54) is 6.07 Å².